The Kier molecular flexibility index (Phi) is 11.0. The molecule has 1 unspecified atom stereocenters. The molecule has 1 aliphatic heterocycles. The summed E-state index contributed by atoms with van der Waals surface area (Å²) in [4.78, 5) is 28.8. The molecule has 0 fully saturated rings. The van der Waals surface area contributed by atoms with Crippen LogP contribution in [0, 0.1) is 5.92 Å². The van der Waals surface area contributed by atoms with E-state index in [0.717, 1.165) is 0 Å². The van der Waals surface area contributed by atoms with Crippen LogP contribution in [0.2, 0.25) is 0 Å². The van der Waals surface area contributed by atoms with Crippen molar-refractivity contribution >= 4 is 17.7 Å². The van der Waals surface area contributed by atoms with Crippen molar-refractivity contribution in [2.45, 2.75) is 40.2 Å². The Hall–Kier alpha value is -1.81. The fourth-order valence-corrected chi connectivity index (χ4v) is 2.21. The number of amides is 1. The molecular weight excluding hydrogens is 354 g/mol. The number of hydrogen-bond acceptors (Lipinski definition) is 7. The van der Waals surface area contributed by atoms with E-state index in [1.807, 2.05) is 13.8 Å². The van der Waals surface area contributed by atoms with Crippen molar-refractivity contribution in [3.05, 3.63) is 11.1 Å². The van der Waals surface area contributed by atoms with Gasteiger partial charge in [0.2, 0.25) is 0 Å². The Morgan fingerprint density at radius 3 is 1.85 bits per heavy atom. The summed E-state index contributed by atoms with van der Waals surface area (Å²) in [6.45, 7) is 10.5. The van der Waals surface area contributed by atoms with Gasteiger partial charge in [0.25, 0.3) is 5.91 Å². The zero-order valence-corrected chi connectivity index (χ0v) is 16.8. The first-order valence-corrected chi connectivity index (χ1v) is 8.92. The molecule has 0 radical (unpaired) electrons. The van der Waals surface area contributed by atoms with Gasteiger partial charge in [0.05, 0.1) is 19.8 Å². The van der Waals surface area contributed by atoms with E-state index in [1.54, 1.807) is 18.7 Å². The number of carbonyl (C=O) groups excluding carboxylic acids is 1. The van der Waals surface area contributed by atoms with Gasteiger partial charge in [0.1, 0.15) is 11.4 Å². The number of aliphatic hydroxyl groups excluding tert-OH is 3. The molecule has 1 heterocycles. The van der Waals surface area contributed by atoms with Crippen molar-refractivity contribution in [3.8, 4) is 0 Å². The standard InChI is InChI=1S/C12H18N2O3.C6H15NO3/c1-6(2)12(5)11(17)13-9(14-12)7(3)8(4)10(15)16;8-4-1-7(2-5-9)3-6-10/h6H,1-5H3,(H,15,16)(H,13,14,17);8-10H,1-6H2. The minimum atomic E-state index is -1.00. The molecule has 0 spiro atoms. The summed E-state index contributed by atoms with van der Waals surface area (Å²) >= 11 is 0. The molecule has 1 amide bonds. The summed E-state index contributed by atoms with van der Waals surface area (Å²) in [7, 11) is 0. The first-order valence-electron chi connectivity index (χ1n) is 8.92. The second-order valence-corrected chi connectivity index (χ2v) is 6.78. The molecule has 1 atom stereocenters. The maximum Gasteiger partial charge on any atom is 0.331 e. The second-order valence-electron chi connectivity index (χ2n) is 6.78. The number of hydrogen-bond donors (Lipinski definition) is 5. The Bertz CT molecular complexity index is 559. The largest absolute Gasteiger partial charge is 0.478 e. The van der Waals surface area contributed by atoms with Gasteiger partial charge in [-0.1, -0.05) is 13.8 Å². The molecule has 0 aromatic carbocycles. The number of nitrogens with zero attached hydrogens (tertiary/aromatic N) is 2. The minimum Gasteiger partial charge on any atom is -0.478 e. The van der Waals surface area contributed by atoms with Crippen molar-refractivity contribution < 1.29 is 30.0 Å². The van der Waals surface area contributed by atoms with Crippen LogP contribution in [0.15, 0.2) is 16.1 Å². The summed E-state index contributed by atoms with van der Waals surface area (Å²) in [5, 5.41) is 37.0. The van der Waals surface area contributed by atoms with Crippen LogP contribution in [0.3, 0.4) is 0 Å². The number of carbonyl (C=O) groups is 2. The summed E-state index contributed by atoms with van der Waals surface area (Å²) in [6.07, 6.45) is 0. The fraction of sp³-hybridized carbons (Fsp3) is 0.722. The third-order valence-corrected chi connectivity index (χ3v) is 4.65. The van der Waals surface area contributed by atoms with E-state index in [4.69, 9.17) is 20.4 Å². The number of aliphatic hydroxyl groups is 3. The molecule has 1 aliphatic rings. The smallest absolute Gasteiger partial charge is 0.331 e. The lowest BCUT2D eigenvalue weighted by molar-refractivity contribution is -0.132. The highest BCUT2D eigenvalue weighted by Gasteiger charge is 2.42. The van der Waals surface area contributed by atoms with Crippen LogP contribution in [-0.4, -0.2) is 88.0 Å². The van der Waals surface area contributed by atoms with Gasteiger partial charge in [-0.2, -0.15) is 0 Å². The molecule has 0 saturated carbocycles. The average molecular weight is 387 g/mol. The molecule has 0 bridgehead atoms. The number of carboxylic acid groups (broad SMARTS) is 1. The first kappa shape index (κ1) is 25.2. The van der Waals surface area contributed by atoms with Gasteiger partial charge in [0.15, 0.2) is 0 Å². The van der Waals surface area contributed by atoms with Crippen LogP contribution in [0.4, 0.5) is 0 Å². The maximum absolute atomic E-state index is 11.8. The van der Waals surface area contributed by atoms with Crippen LogP contribution < -0.4 is 5.32 Å². The Morgan fingerprint density at radius 1 is 1.11 bits per heavy atom. The van der Waals surface area contributed by atoms with Crippen LogP contribution in [0.5, 0.6) is 0 Å². The van der Waals surface area contributed by atoms with Crippen LogP contribution in [-0.2, 0) is 9.59 Å². The Balaban J connectivity index is 0.000000580. The van der Waals surface area contributed by atoms with Gasteiger partial charge in [-0.05, 0) is 26.7 Å². The first-order chi connectivity index (χ1) is 12.5. The second kappa shape index (κ2) is 11.8. The molecule has 156 valence electrons. The zero-order chi connectivity index (χ0) is 21.2. The average Bonchev–Trinajstić information content (AvgIpc) is 2.91. The molecule has 9 heteroatoms. The summed E-state index contributed by atoms with van der Waals surface area (Å²) < 4.78 is 0. The molecular formula is C18H33N3O6. The minimum absolute atomic E-state index is 0.0536. The number of rotatable bonds is 9. The Labute approximate surface area is 160 Å². The number of aliphatic imine (C=N–C) groups is 1. The number of carboxylic acids is 1. The normalized spacial score (nSPS) is 20.1. The van der Waals surface area contributed by atoms with Crippen molar-refractivity contribution in [1.29, 1.82) is 0 Å². The van der Waals surface area contributed by atoms with Crippen molar-refractivity contribution in [2.75, 3.05) is 39.5 Å². The molecule has 1 rings (SSSR count). The van der Waals surface area contributed by atoms with Crippen LogP contribution in [0.1, 0.15) is 34.6 Å². The monoisotopic (exact) mass is 387 g/mol. The molecule has 9 nitrogen and oxygen atoms in total. The summed E-state index contributed by atoms with van der Waals surface area (Å²) in [5.41, 5.74) is -0.123. The number of nitrogens with one attached hydrogen (secondary N) is 1. The highest BCUT2D eigenvalue weighted by molar-refractivity contribution is 6.16. The van der Waals surface area contributed by atoms with Crippen LogP contribution in [0.25, 0.3) is 0 Å². The van der Waals surface area contributed by atoms with E-state index >= 15 is 0 Å². The lowest BCUT2D eigenvalue weighted by Gasteiger charge is -2.21. The molecule has 27 heavy (non-hydrogen) atoms. The van der Waals surface area contributed by atoms with E-state index < -0.39 is 11.5 Å². The van der Waals surface area contributed by atoms with Crippen molar-refractivity contribution in [2.24, 2.45) is 10.9 Å². The van der Waals surface area contributed by atoms with E-state index in [1.165, 1.54) is 6.92 Å². The quantitative estimate of drug-likeness (QED) is 0.339. The van der Waals surface area contributed by atoms with Gasteiger partial charge >= 0.3 is 5.97 Å². The van der Waals surface area contributed by atoms with Gasteiger partial charge in [0, 0.05) is 30.8 Å². The lowest BCUT2D eigenvalue weighted by Crippen LogP contribution is -2.41. The van der Waals surface area contributed by atoms with Gasteiger partial charge < -0.3 is 25.7 Å². The molecule has 0 aliphatic carbocycles. The maximum atomic E-state index is 11.8. The molecule has 0 aromatic heterocycles. The summed E-state index contributed by atoms with van der Waals surface area (Å²) in [5.74, 6) is -0.762. The van der Waals surface area contributed by atoms with Gasteiger partial charge in [-0.15, -0.1) is 0 Å². The SMILES string of the molecule is CC(C(=O)O)=C(C)C1=NC(C)(C(C)C)C(=O)N1.OCCN(CCO)CCO. The highest BCUT2D eigenvalue weighted by Crippen LogP contribution is 2.27. The van der Waals surface area contributed by atoms with Crippen molar-refractivity contribution in [3.63, 3.8) is 0 Å². The van der Waals surface area contributed by atoms with Gasteiger partial charge in [-0.25, -0.2) is 4.79 Å². The van der Waals surface area contributed by atoms with Crippen LogP contribution >= 0.6 is 0 Å². The topological polar surface area (TPSA) is 143 Å². The van der Waals surface area contributed by atoms with E-state index in [0.29, 0.717) is 31.0 Å². The van der Waals surface area contributed by atoms with E-state index in [9.17, 15) is 9.59 Å². The number of amidine groups is 1. The predicted octanol–water partition coefficient (Wildman–Crippen LogP) is -0.384. The third-order valence-electron chi connectivity index (χ3n) is 4.65. The molecule has 0 saturated heterocycles. The highest BCUT2D eigenvalue weighted by atomic mass is 16.4. The van der Waals surface area contributed by atoms with E-state index in [-0.39, 0.29) is 37.2 Å². The van der Waals surface area contributed by atoms with Crippen molar-refractivity contribution in [1.82, 2.24) is 10.2 Å². The molecule has 5 N–H and O–H groups in total. The third kappa shape index (κ3) is 7.37. The van der Waals surface area contributed by atoms with Gasteiger partial charge in [-0.3, -0.25) is 14.7 Å². The molecule has 0 aromatic rings. The van der Waals surface area contributed by atoms with E-state index in [2.05, 4.69) is 10.3 Å². The fourth-order valence-electron chi connectivity index (χ4n) is 2.21. The summed E-state index contributed by atoms with van der Waals surface area (Å²) in [6, 6.07) is 0. The Morgan fingerprint density at radius 2 is 1.56 bits per heavy atom. The lowest BCUT2D eigenvalue weighted by atomic mass is 9.89. The number of aliphatic carboxylic acids is 1. The zero-order valence-electron chi connectivity index (χ0n) is 16.8. The predicted molar refractivity (Wildman–Crippen MR) is 103 cm³/mol.